The third kappa shape index (κ3) is 2.52. The van der Waals surface area contributed by atoms with E-state index in [2.05, 4.69) is 15.9 Å². The number of tetrazole rings is 1. The summed E-state index contributed by atoms with van der Waals surface area (Å²) >= 11 is 0. The minimum Gasteiger partial charge on any atom is -0.277 e. The van der Waals surface area contributed by atoms with Crippen LogP contribution < -0.4 is 11.2 Å². The topological polar surface area (TPSA) is 91.0 Å². The lowest BCUT2D eigenvalue weighted by Gasteiger charge is -2.10. The molecule has 1 aromatic heterocycles. The highest BCUT2D eigenvalue weighted by Crippen LogP contribution is 2.17. The first-order chi connectivity index (χ1) is 9.15. The fourth-order valence-corrected chi connectivity index (χ4v) is 1.69. The summed E-state index contributed by atoms with van der Waals surface area (Å²) in [5, 5.41) is 7.45. The molecule has 2 rings (SSSR count). The summed E-state index contributed by atoms with van der Waals surface area (Å²) in [6.07, 6.45) is 0.437. The van der Waals surface area contributed by atoms with Crippen LogP contribution in [0.1, 0.15) is 11.1 Å². The minimum absolute atomic E-state index is 0.129. The van der Waals surface area contributed by atoms with Crippen molar-refractivity contribution >= 4 is 6.41 Å². The molecule has 0 radical (unpaired) electrons. The summed E-state index contributed by atoms with van der Waals surface area (Å²) in [6.45, 7) is 2.01. The van der Waals surface area contributed by atoms with Crippen molar-refractivity contribution in [1.29, 1.82) is 0 Å². The number of benzene rings is 1. The normalized spacial score (nSPS) is 10.4. The van der Waals surface area contributed by atoms with E-state index >= 15 is 0 Å². The van der Waals surface area contributed by atoms with Gasteiger partial charge in [-0.1, -0.05) is 12.1 Å². The van der Waals surface area contributed by atoms with Gasteiger partial charge in [0.2, 0.25) is 6.41 Å². The summed E-state index contributed by atoms with van der Waals surface area (Å²) in [5.74, 6) is 0. The third-order valence-electron chi connectivity index (χ3n) is 2.68. The van der Waals surface area contributed by atoms with Crippen molar-refractivity contribution in [2.45, 2.75) is 13.5 Å². The first-order valence-corrected chi connectivity index (χ1v) is 5.54. The number of nitrogens with zero attached hydrogens (tertiary/aromatic N) is 4. The van der Waals surface area contributed by atoms with E-state index in [1.165, 1.54) is 11.7 Å². The monoisotopic (exact) mass is 263 g/mol. The molecule has 0 aliphatic heterocycles. The Hall–Kier alpha value is -2.48. The van der Waals surface area contributed by atoms with E-state index in [1.54, 1.807) is 6.07 Å². The quantitative estimate of drug-likeness (QED) is 0.444. The average Bonchev–Trinajstić information content (AvgIpc) is 2.72. The smallest absolute Gasteiger partial charge is 0.277 e. The van der Waals surface area contributed by atoms with E-state index in [1.807, 2.05) is 19.1 Å². The van der Waals surface area contributed by atoms with Crippen molar-refractivity contribution in [3.8, 4) is 5.69 Å². The standard InChI is InChI=1S/C11H13N5O3/c1-8-4-3-5-10(9(8)6-19-12-7-17)16-11(18)15(2)13-14-16/h3-5,7H,6H2,1-2H3,(H,12,17). The molecule has 0 saturated carbocycles. The van der Waals surface area contributed by atoms with Gasteiger partial charge in [0.25, 0.3) is 0 Å². The Morgan fingerprint density at radius 3 is 2.84 bits per heavy atom. The zero-order valence-corrected chi connectivity index (χ0v) is 10.5. The van der Waals surface area contributed by atoms with Crippen molar-refractivity contribution in [2.24, 2.45) is 7.05 Å². The van der Waals surface area contributed by atoms with E-state index in [0.717, 1.165) is 15.8 Å². The number of carbonyl (C=O) groups is 1. The highest BCUT2D eigenvalue weighted by molar-refractivity contribution is 5.45. The Bertz CT molecular complexity index is 646. The third-order valence-corrected chi connectivity index (χ3v) is 2.68. The molecular formula is C11H13N5O3. The van der Waals surface area contributed by atoms with E-state index in [9.17, 15) is 9.59 Å². The zero-order chi connectivity index (χ0) is 13.8. The van der Waals surface area contributed by atoms with E-state index in [-0.39, 0.29) is 12.3 Å². The van der Waals surface area contributed by atoms with E-state index < -0.39 is 0 Å². The molecular weight excluding hydrogens is 250 g/mol. The van der Waals surface area contributed by atoms with Crippen LogP contribution in [0.25, 0.3) is 5.69 Å². The number of hydrogen-bond acceptors (Lipinski definition) is 5. The van der Waals surface area contributed by atoms with E-state index in [0.29, 0.717) is 12.1 Å². The molecule has 0 fully saturated rings. The van der Waals surface area contributed by atoms with Gasteiger partial charge in [-0.2, -0.15) is 9.36 Å². The summed E-state index contributed by atoms with van der Waals surface area (Å²) in [7, 11) is 1.52. The molecule has 100 valence electrons. The van der Waals surface area contributed by atoms with Crippen LogP contribution >= 0.6 is 0 Å². The molecule has 1 N–H and O–H groups in total. The van der Waals surface area contributed by atoms with Crippen LogP contribution in [0.3, 0.4) is 0 Å². The number of amides is 1. The molecule has 0 spiro atoms. The number of nitrogens with one attached hydrogen (secondary N) is 1. The number of aryl methyl sites for hydroxylation is 2. The second kappa shape index (κ2) is 5.44. The first-order valence-electron chi connectivity index (χ1n) is 5.54. The largest absolute Gasteiger partial charge is 0.368 e. The van der Waals surface area contributed by atoms with Crippen LogP contribution in [-0.4, -0.2) is 26.2 Å². The highest BCUT2D eigenvalue weighted by Gasteiger charge is 2.12. The molecule has 8 nitrogen and oxygen atoms in total. The molecule has 1 amide bonds. The van der Waals surface area contributed by atoms with Crippen molar-refractivity contribution < 1.29 is 9.63 Å². The maximum atomic E-state index is 11.9. The van der Waals surface area contributed by atoms with Crippen LogP contribution in [0.15, 0.2) is 23.0 Å². The van der Waals surface area contributed by atoms with Gasteiger partial charge < -0.3 is 0 Å². The van der Waals surface area contributed by atoms with Gasteiger partial charge >= 0.3 is 5.69 Å². The highest BCUT2D eigenvalue weighted by atomic mass is 16.6. The van der Waals surface area contributed by atoms with Gasteiger partial charge in [-0.3, -0.25) is 9.63 Å². The number of hydroxylamine groups is 1. The van der Waals surface area contributed by atoms with Crippen molar-refractivity contribution in [2.75, 3.05) is 0 Å². The number of hydrogen-bond donors (Lipinski definition) is 1. The van der Waals surface area contributed by atoms with Crippen LogP contribution in [0.2, 0.25) is 0 Å². The Morgan fingerprint density at radius 2 is 2.21 bits per heavy atom. The number of carbonyl (C=O) groups excluding carboxylic acids is 1. The average molecular weight is 263 g/mol. The molecule has 0 aliphatic rings. The predicted molar refractivity (Wildman–Crippen MR) is 65.3 cm³/mol. The lowest BCUT2D eigenvalue weighted by Crippen LogP contribution is -2.23. The van der Waals surface area contributed by atoms with Crippen molar-refractivity contribution in [1.82, 2.24) is 25.3 Å². The first kappa shape index (κ1) is 13.0. The number of rotatable bonds is 5. The maximum absolute atomic E-state index is 11.9. The Morgan fingerprint density at radius 1 is 1.42 bits per heavy atom. The molecule has 0 saturated heterocycles. The Kier molecular flexibility index (Phi) is 3.71. The molecule has 2 aromatic rings. The molecule has 0 bridgehead atoms. The van der Waals surface area contributed by atoms with Crippen LogP contribution in [0.5, 0.6) is 0 Å². The number of aromatic nitrogens is 4. The van der Waals surface area contributed by atoms with Gasteiger partial charge in [0.1, 0.15) is 6.61 Å². The van der Waals surface area contributed by atoms with Crippen molar-refractivity contribution in [3.05, 3.63) is 39.8 Å². The van der Waals surface area contributed by atoms with Crippen LogP contribution in [0, 0.1) is 6.92 Å². The molecule has 0 unspecified atom stereocenters. The van der Waals surface area contributed by atoms with Crippen LogP contribution in [-0.2, 0) is 23.3 Å². The minimum atomic E-state index is -0.352. The second-order valence-electron chi connectivity index (χ2n) is 3.89. The van der Waals surface area contributed by atoms with Crippen molar-refractivity contribution in [3.63, 3.8) is 0 Å². The fourth-order valence-electron chi connectivity index (χ4n) is 1.69. The Balaban J connectivity index is 2.45. The second-order valence-corrected chi connectivity index (χ2v) is 3.89. The lowest BCUT2D eigenvalue weighted by atomic mass is 10.1. The van der Waals surface area contributed by atoms with Gasteiger partial charge in [0.05, 0.1) is 5.69 Å². The van der Waals surface area contributed by atoms with Crippen LogP contribution in [0.4, 0.5) is 0 Å². The van der Waals surface area contributed by atoms with Gasteiger partial charge in [-0.25, -0.2) is 10.3 Å². The molecule has 8 heteroatoms. The van der Waals surface area contributed by atoms with Gasteiger partial charge in [-0.15, -0.1) is 0 Å². The summed E-state index contributed by atoms with van der Waals surface area (Å²) < 4.78 is 2.32. The molecule has 1 heterocycles. The predicted octanol–water partition coefficient (Wildman–Crippen LogP) is -0.548. The Labute approximate surface area is 108 Å². The van der Waals surface area contributed by atoms with E-state index in [4.69, 9.17) is 4.84 Å². The summed E-state index contributed by atoms with van der Waals surface area (Å²) in [5.41, 5.74) is 4.01. The van der Waals surface area contributed by atoms with Gasteiger partial charge in [0.15, 0.2) is 0 Å². The summed E-state index contributed by atoms with van der Waals surface area (Å²) in [4.78, 5) is 27.0. The SMILES string of the molecule is Cc1cccc(-n2nnn(C)c2=O)c1CONC=O. The zero-order valence-electron chi connectivity index (χ0n) is 10.5. The lowest BCUT2D eigenvalue weighted by molar-refractivity contribution is -0.121. The molecule has 0 aliphatic carbocycles. The fraction of sp³-hybridized carbons (Fsp3) is 0.273. The molecule has 19 heavy (non-hydrogen) atoms. The molecule has 0 atom stereocenters. The summed E-state index contributed by atoms with van der Waals surface area (Å²) in [6, 6.07) is 5.43. The maximum Gasteiger partial charge on any atom is 0.368 e. The van der Waals surface area contributed by atoms with Gasteiger partial charge in [-0.05, 0) is 29.0 Å². The van der Waals surface area contributed by atoms with Gasteiger partial charge in [0, 0.05) is 12.6 Å². The molecule has 1 aromatic carbocycles.